The fraction of sp³-hybridized carbons (Fsp3) is 0.286. The van der Waals surface area contributed by atoms with Crippen LogP contribution in [0.15, 0.2) is 64.3 Å². The van der Waals surface area contributed by atoms with E-state index in [1.54, 1.807) is 18.6 Å². The summed E-state index contributed by atoms with van der Waals surface area (Å²) in [5.41, 5.74) is 4.88. The van der Waals surface area contributed by atoms with Crippen molar-refractivity contribution >= 4 is 9.84 Å². The molecule has 5 nitrogen and oxygen atoms in total. The molecule has 2 aromatic heterocycles. The first-order valence-electron chi connectivity index (χ1n) is 9.08. The Morgan fingerprint density at radius 1 is 1.15 bits per heavy atom. The minimum absolute atomic E-state index is 0.0154. The van der Waals surface area contributed by atoms with Crippen LogP contribution in [-0.4, -0.2) is 36.6 Å². The highest BCUT2D eigenvalue weighted by Gasteiger charge is 2.50. The molecule has 0 amide bonds. The molecule has 1 aromatic carbocycles. The van der Waals surface area contributed by atoms with Gasteiger partial charge in [-0.3, -0.25) is 9.88 Å². The molecule has 0 radical (unpaired) electrons. The maximum Gasteiger partial charge on any atom is 0.183 e. The van der Waals surface area contributed by atoms with E-state index in [2.05, 4.69) is 9.88 Å². The lowest BCUT2D eigenvalue weighted by Gasteiger charge is -2.17. The van der Waals surface area contributed by atoms with E-state index in [0.29, 0.717) is 18.0 Å². The number of benzene rings is 1. The average Bonchev–Trinajstić information content (AvgIpc) is 3.34. The molecule has 0 saturated carbocycles. The molecule has 1 saturated heterocycles. The quantitative estimate of drug-likeness (QED) is 0.697. The number of furan rings is 1. The molecular formula is C21H20N2O3S. The number of pyridine rings is 1. The lowest BCUT2D eigenvalue weighted by molar-refractivity contribution is 0.321. The highest BCUT2D eigenvalue weighted by Crippen LogP contribution is 2.46. The summed E-state index contributed by atoms with van der Waals surface area (Å²) < 4.78 is 31.3. The third-order valence-corrected chi connectivity index (χ3v) is 7.90. The first-order chi connectivity index (χ1) is 13.0. The second-order valence-electron chi connectivity index (χ2n) is 7.42. The predicted octanol–water partition coefficient (Wildman–Crippen LogP) is 3.41. The van der Waals surface area contributed by atoms with Gasteiger partial charge in [-0.15, -0.1) is 0 Å². The Balaban J connectivity index is 1.47. The normalized spacial score (nSPS) is 23.3. The largest absolute Gasteiger partial charge is 0.472 e. The summed E-state index contributed by atoms with van der Waals surface area (Å²) >= 11 is 0. The van der Waals surface area contributed by atoms with Gasteiger partial charge in [0.25, 0.3) is 0 Å². The van der Waals surface area contributed by atoms with Crippen LogP contribution in [0.4, 0.5) is 0 Å². The second kappa shape index (κ2) is 6.04. The molecule has 5 rings (SSSR count). The molecule has 2 aliphatic rings. The topological polar surface area (TPSA) is 63.4 Å². The third kappa shape index (κ3) is 2.71. The lowest BCUT2D eigenvalue weighted by Crippen LogP contribution is -2.26. The Bertz CT molecular complexity index is 1110. The van der Waals surface area contributed by atoms with Gasteiger partial charge in [-0.25, -0.2) is 8.42 Å². The minimum atomic E-state index is -3.29. The van der Waals surface area contributed by atoms with Crippen LogP contribution in [0.3, 0.4) is 0 Å². The molecule has 1 fully saturated rings. The fourth-order valence-electron chi connectivity index (χ4n) is 4.38. The van der Waals surface area contributed by atoms with Crippen molar-refractivity contribution in [2.75, 3.05) is 13.1 Å². The van der Waals surface area contributed by atoms with Crippen molar-refractivity contribution in [2.24, 2.45) is 0 Å². The summed E-state index contributed by atoms with van der Waals surface area (Å²) in [5.74, 6) is 0.0154. The number of nitrogens with zero attached hydrogens (tertiary/aromatic N) is 2. The summed E-state index contributed by atoms with van der Waals surface area (Å²) in [6.07, 6.45) is 3.32. The van der Waals surface area contributed by atoms with Gasteiger partial charge in [0.2, 0.25) is 0 Å². The molecule has 4 heterocycles. The molecule has 27 heavy (non-hydrogen) atoms. The van der Waals surface area contributed by atoms with E-state index in [0.717, 1.165) is 34.6 Å². The van der Waals surface area contributed by atoms with Crippen molar-refractivity contribution in [2.45, 2.75) is 29.5 Å². The smallest absolute Gasteiger partial charge is 0.183 e. The lowest BCUT2D eigenvalue weighted by atomic mass is 9.95. The van der Waals surface area contributed by atoms with Gasteiger partial charge in [0.1, 0.15) is 0 Å². The summed E-state index contributed by atoms with van der Waals surface area (Å²) in [7, 11) is -3.29. The molecule has 0 unspecified atom stereocenters. The highest BCUT2D eigenvalue weighted by atomic mass is 32.2. The number of aryl methyl sites for hydroxylation is 1. The van der Waals surface area contributed by atoms with E-state index in [-0.39, 0.29) is 11.2 Å². The highest BCUT2D eigenvalue weighted by molar-refractivity contribution is 7.92. The summed E-state index contributed by atoms with van der Waals surface area (Å²) in [6, 6.07) is 13.5. The van der Waals surface area contributed by atoms with Gasteiger partial charge in [-0.2, -0.15) is 0 Å². The van der Waals surface area contributed by atoms with Gasteiger partial charge in [-0.1, -0.05) is 12.1 Å². The van der Waals surface area contributed by atoms with E-state index in [9.17, 15) is 8.42 Å². The molecule has 6 heteroatoms. The van der Waals surface area contributed by atoms with Crippen LogP contribution in [0.2, 0.25) is 0 Å². The molecule has 0 aliphatic carbocycles. The zero-order valence-corrected chi connectivity index (χ0v) is 15.8. The molecule has 3 aromatic rings. The van der Waals surface area contributed by atoms with E-state index in [1.165, 1.54) is 0 Å². The van der Waals surface area contributed by atoms with Crippen LogP contribution >= 0.6 is 0 Å². The van der Waals surface area contributed by atoms with Crippen LogP contribution in [0.25, 0.3) is 11.1 Å². The van der Waals surface area contributed by atoms with E-state index >= 15 is 0 Å². The number of likely N-dealkylation sites (tertiary alicyclic amines) is 1. The van der Waals surface area contributed by atoms with Crippen molar-refractivity contribution in [3.63, 3.8) is 0 Å². The first kappa shape index (κ1) is 16.7. The van der Waals surface area contributed by atoms with E-state index < -0.39 is 9.84 Å². The van der Waals surface area contributed by atoms with Crippen LogP contribution in [0.5, 0.6) is 0 Å². The van der Waals surface area contributed by atoms with Crippen molar-refractivity contribution in [3.05, 3.63) is 71.9 Å². The molecule has 0 N–H and O–H groups in total. The Morgan fingerprint density at radius 3 is 2.81 bits per heavy atom. The van der Waals surface area contributed by atoms with Gasteiger partial charge < -0.3 is 4.42 Å². The van der Waals surface area contributed by atoms with Gasteiger partial charge in [0, 0.05) is 36.8 Å². The standard InChI is InChI=1S/C21H20N2O3S/c1-14-3-2-4-17(22-14)10-23-11-19-18-9-15(16-7-8-26-13-16)5-6-20(18)27(24,25)21(19)12-23/h2-9,13,19,21H,10-12H2,1H3/t19-,21-/m0/s1. The van der Waals surface area contributed by atoms with Crippen molar-refractivity contribution in [3.8, 4) is 11.1 Å². The average molecular weight is 380 g/mol. The minimum Gasteiger partial charge on any atom is -0.472 e. The Hall–Kier alpha value is -2.44. The van der Waals surface area contributed by atoms with Gasteiger partial charge in [0.05, 0.1) is 28.4 Å². The maximum absolute atomic E-state index is 13.1. The van der Waals surface area contributed by atoms with Crippen LogP contribution in [-0.2, 0) is 16.4 Å². The molecule has 0 bridgehead atoms. The number of fused-ring (bicyclic) bond motifs is 3. The van der Waals surface area contributed by atoms with Crippen LogP contribution in [0.1, 0.15) is 22.9 Å². The van der Waals surface area contributed by atoms with Crippen molar-refractivity contribution in [1.29, 1.82) is 0 Å². The number of hydrogen-bond acceptors (Lipinski definition) is 5. The maximum atomic E-state index is 13.1. The molecule has 138 valence electrons. The number of hydrogen-bond donors (Lipinski definition) is 0. The first-order valence-corrected chi connectivity index (χ1v) is 10.6. The van der Waals surface area contributed by atoms with Crippen LogP contribution < -0.4 is 0 Å². The van der Waals surface area contributed by atoms with E-state index in [4.69, 9.17) is 4.42 Å². The van der Waals surface area contributed by atoms with Gasteiger partial charge in [-0.05, 0) is 48.4 Å². The number of rotatable bonds is 3. The summed E-state index contributed by atoms with van der Waals surface area (Å²) in [4.78, 5) is 7.27. The van der Waals surface area contributed by atoms with Gasteiger partial charge >= 0.3 is 0 Å². The molecule has 2 atom stereocenters. The van der Waals surface area contributed by atoms with Crippen molar-refractivity contribution < 1.29 is 12.8 Å². The summed E-state index contributed by atoms with van der Waals surface area (Å²) in [6.45, 7) is 3.95. The summed E-state index contributed by atoms with van der Waals surface area (Å²) in [5, 5.41) is -0.364. The van der Waals surface area contributed by atoms with E-state index in [1.807, 2.05) is 43.3 Å². The predicted molar refractivity (Wildman–Crippen MR) is 102 cm³/mol. The third-order valence-electron chi connectivity index (χ3n) is 5.64. The molecular weight excluding hydrogens is 360 g/mol. The second-order valence-corrected chi connectivity index (χ2v) is 9.55. The van der Waals surface area contributed by atoms with Gasteiger partial charge in [0.15, 0.2) is 9.84 Å². The molecule has 0 spiro atoms. The zero-order chi connectivity index (χ0) is 18.6. The molecule has 2 aliphatic heterocycles. The number of sulfone groups is 1. The number of aromatic nitrogens is 1. The Labute approximate surface area is 158 Å². The monoisotopic (exact) mass is 380 g/mol. The Kier molecular flexibility index (Phi) is 3.74. The SMILES string of the molecule is Cc1cccc(CN2C[C@H]3c4cc(-c5ccoc5)ccc4S(=O)(=O)[C@H]3C2)n1. The fourth-order valence-corrected chi connectivity index (χ4v) is 6.57. The van der Waals surface area contributed by atoms with Crippen molar-refractivity contribution in [1.82, 2.24) is 9.88 Å². The van der Waals surface area contributed by atoms with Crippen LogP contribution in [0, 0.1) is 6.92 Å². The zero-order valence-electron chi connectivity index (χ0n) is 15.0. The Morgan fingerprint density at radius 2 is 2.04 bits per heavy atom.